The van der Waals surface area contributed by atoms with Gasteiger partial charge in [-0.2, -0.15) is 0 Å². The van der Waals surface area contributed by atoms with Crippen LogP contribution in [0.4, 0.5) is 5.69 Å². The minimum absolute atomic E-state index is 0.0204. The smallest absolute Gasteiger partial charge is 0.232 e. The Hall–Kier alpha value is -1.94. The van der Waals surface area contributed by atoms with Gasteiger partial charge in [0.25, 0.3) is 0 Å². The summed E-state index contributed by atoms with van der Waals surface area (Å²) in [6, 6.07) is 4.95. The third-order valence-electron chi connectivity index (χ3n) is 4.57. The number of hydrogen-bond acceptors (Lipinski definition) is 8. The van der Waals surface area contributed by atoms with Gasteiger partial charge in [0.1, 0.15) is 0 Å². The zero-order valence-corrected chi connectivity index (χ0v) is 16.0. The molecule has 1 aromatic rings. The van der Waals surface area contributed by atoms with Gasteiger partial charge in [-0.1, -0.05) is 11.8 Å². The Morgan fingerprint density at radius 1 is 1.31 bits per heavy atom. The highest BCUT2D eigenvalue weighted by molar-refractivity contribution is 8.14. The summed E-state index contributed by atoms with van der Waals surface area (Å²) in [5.41, 5.74) is 0.794. The van der Waals surface area contributed by atoms with E-state index in [1.165, 1.54) is 16.7 Å². The molecule has 26 heavy (non-hydrogen) atoms. The lowest BCUT2D eigenvalue weighted by Crippen LogP contribution is -2.39. The minimum atomic E-state index is -3.12. The lowest BCUT2D eigenvalue weighted by molar-refractivity contribution is -0.125. The number of amidine groups is 1. The molecule has 0 bridgehead atoms. The molecule has 1 saturated heterocycles. The maximum absolute atomic E-state index is 12.1. The number of rotatable bonds is 3. The van der Waals surface area contributed by atoms with E-state index in [2.05, 4.69) is 4.99 Å². The zero-order chi connectivity index (χ0) is 18.5. The second-order valence-electron chi connectivity index (χ2n) is 6.61. The molecule has 0 aromatic heterocycles. The first-order chi connectivity index (χ1) is 12.3. The van der Waals surface area contributed by atoms with Crippen molar-refractivity contribution in [3.05, 3.63) is 18.2 Å². The topological polar surface area (TPSA) is 88.5 Å². The van der Waals surface area contributed by atoms with Crippen molar-refractivity contribution in [1.29, 1.82) is 0 Å². The van der Waals surface area contributed by atoms with Crippen LogP contribution in [-0.4, -0.2) is 74.6 Å². The average Bonchev–Trinajstić information content (AvgIpc) is 3.23. The Labute approximate surface area is 156 Å². The number of carbonyl (C=O) groups excluding carboxylic acids is 1. The molecule has 0 saturated carbocycles. The Balaban J connectivity index is 1.64. The molecule has 0 spiro atoms. The molecule has 0 N–H and O–H groups in total. The summed E-state index contributed by atoms with van der Waals surface area (Å²) in [6.45, 7) is 0.173. The van der Waals surface area contributed by atoms with Crippen LogP contribution in [0, 0.1) is 0 Å². The number of aliphatic imine (C=N–C) groups is 1. The van der Waals surface area contributed by atoms with E-state index in [1.54, 1.807) is 14.1 Å². The SMILES string of the molecule is CN(C)C(=O)CSC1=N[C@@H]2CS(=O)(=O)C[C@H]2N1c1ccc2c(c1)OCO2. The summed E-state index contributed by atoms with van der Waals surface area (Å²) in [7, 11) is 0.294. The number of hydrogen-bond donors (Lipinski definition) is 0. The van der Waals surface area contributed by atoms with E-state index in [0.717, 1.165) is 5.69 Å². The quantitative estimate of drug-likeness (QED) is 0.737. The first-order valence-electron chi connectivity index (χ1n) is 8.14. The van der Waals surface area contributed by atoms with Crippen molar-refractivity contribution >= 4 is 38.4 Å². The number of thioether (sulfide) groups is 1. The molecule has 140 valence electrons. The highest BCUT2D eigenvalue weighted by Crippen LogP contribution is 2.40. The molecule has 1 aromatic carbocycles. The maximum atomic E-state index is 12.1. The molecular formula is C16H19N3O5S2. The van der Waals surface area contributed by atoms with Crippen LogP contribution in [0.5, 0.6) is 11.5 Å². The molecule has 3 aliphatic heterocycles. The molecular weight excluding hydrogens is 378 g/mol. The van der Waals surface area contributed by atoms with E-state index in [9.17, 15) is 13.2 Å². The van der Waals surface area contributed by atoms with E-state index >= 15 is 0 Å². The second-order valence-corrected chi connectivity index (χ2v) is 9.70. The highest BCUT2D eigenvalue weighted by atomic mass is 32.2. The van der Waals surface area contributed by atoms with Gasteiger partial charge in [0.15, 0.2) is 26.5 Å². The fourth-order valence-electron chi connectivity index (χ4n) is 3.23. The van der Waals surface area contributed by atoms with E-state index in [1.807, 2.05) is 23.1 Å². The van der Waals surface area contributed by atoms with Crippen LogP contribution in [0.25, 0.3) is 0 Å². The van der Waals surface area contributed by atoms with Crippen LogP contribution >= 0.6 is 11.8 Å². The van der Waals surface area contributed by atoms with Gasteiger partial charge in [0.05, 0.1) is 29.3 Å². The van der Waals surface area contributed by atoms with Crippen LogP contribution < -0.4 is 14.4 Å². The van der Waals surface area contributed by atoms with Crippen molar-refractivity contribution in [1.82, 2.24) is 4.90 Å². The van der Waals surface area contributed by atoms with Crippen LogP contribution in [0.15, 0.2) is 23.2 Å². The molecule has 0 unspecified atom stereocenters. The summed E-state index contributed by atoms with van der Waals surface area (Å²) in [5, 5.41) is 0.670. The van der Waals surface area contributed by atoms with Gasteiger partial charge >= 0.3 is 0 Å². The third kappa shape index (κ3) is 3.11. The second kappa shape index (κ2) is 6.34. The molecule has 4 rings (SSSR count). The van der Waals surface area contributed by atoms with Gasteiger partial charge < -0.3 is 19.3 Å². The summed E-state index contributed by atoms with van der Waals surface area (Å²) < 4.78 is 34.9. The zero-order valence-electron chi connectivity index (χ0n) is 14.4. The van der Waals surface area contributed by atoms with Gasteiger partial charge in [-0.05, 0) is 12.1 Å². The largest absolute Gasteiger partial charge is 0.454 e. The number of ether oxygens (including phenoxy) is 2. The number of amides is 1. The predicted molar refractivity (Wildman–Crippen MR) is 99.9 cm³/mol. The normalized spacial score (nSPS) is 25.2. The first-order valence-corrected chi connectivity index (χ1v) is 10.9. The molecule has 1 fully saturated rings. The van der Waals surface area contributed by atoms with Crippen molar-refractivity contribution in [3.8, 4) is 11.5 Å². The first kappa shape index (κ1) is 17.5. The number of benzene rings is 1. The number of nitrogens with zero attached hydrogens (tertiary/aromatic N) is 3. The molecule has 3 aliphatic rings. The van der Waals surface area contributed by atoms with Crippen LogP contribution in [0.3, 0.4) is 0 Å². The molecule has 10 heteroatoms. The molecule has 0 radical (unpaired) electrons. The number of fused-ring (bicyclic) bond motifs is 2. The summed E-state index contributed by atoms with van der Waals surface area (Å²) >= 11 is 1.33. The van der Waals surface area contributed by atoms with Crippen molar-refractivity contribution in [2.45, 2.75) is 12.1 Å². The van der Waals surface area contributed by atoms with E-state index < -0.39 is 9.84 Å². The highest BCUT2D eigenvalue weighted by Gasteiger charge is 2.47. The third-order valence-corrected chi connectivity index (χ3v) is 7.22. The molecule has 8 nitrogen and oxygen atoms in total. The Morgan fingerprint density at radius 3 is 2.85 bits per heavy atom. The lowest BCUT2D eigenvalue weighted by Gasteiger charge is -2.26. The molecule has 0 aliphatic carbocycles. The number of carbonyl (C=O) groups is 1. The van der Waals surface area contributed by atoms with Crippen molar-refractivity contribution in [3.63, 3.8) is 0 Å². The van der Waals surface area contributed by atoms with Crippen molar-refractivity contribution in [2.75, 3.05) is 43.0 Å². The number of anilines is 1. The predicted octanol–water partition coefficient (Wildman–Crippen LogP) is 0.578. The van der Waals surface area contributed by atoms with Crippen LogP contribution in [0.2, 0.25) is 0 Å². The average molecular weight is 397 g/mol. The monoisotopic (exact) mass is 397 g/mol. The number of sulfone groups is 1. The van der Waals surface area contributed by atoms with Gasteiger partial charge in [-0.3, -0.25) is 9.79 Å². The summed E-state index contributed by atoms with van der Waals surface area (Å²) in [5.74, 6) is 1.62. The fraction of sp³-hybridized carbons (Fsp3) is 0.500. The molecule has 3 heterocycles. The summed E-state index contributed by atoms with van der Waals surface area (Å²) in [6.07, 6.45) is 0. The van der Waals surface area contributed by atoms with E-state index in [-0.39, 0.29) is 42.0 Å². The molecule has 2 atom stereocenters. The van der Waals surface area contributed by atoms with Gasteiger partial charge in [-0.25, -0.2) is 8.42 Å². The van der Waals surface area contributed by atoms with Crippen molar-refractivity contribution in [2.24, 2.45) is 4.99 Å². The van der Waals surface area contributed by atoms with E-state index in [4.69, 9.17) is 9.47 Å². The minimum Gasteiger partial charge on any atom is -0.454 e. The lowest BCUT2D eigenvalue weighted by atomic mass is 10.1. The standard InChI is InChI=1S/C16H19N3O5S2/c1-18(2)15(20)6-25-16-17-11-7-26(21,22)8-12(11)19(16)10-3-4-13-14(5-10)24-9-23-13/h3-5,11-12H,6-9H2,1-2H3/t11-,12-/m1/s1. The fourth-order valence-corrected chi connectivity index (χ4v) is 6.17. The van der Waals surface area contributed by atoms with Crippen molar-refractivity contribution < 1.29 is 22.7 Å². The Bertz CT molecular complexity index is 884. The van der Waals surface area contributed by atoms with E-state index in [0.29, 0.717) is 16.7 Å². The Kier molecular flexibility index (Phi) is 4.26. The Morgan fingerprint density at radius 2 is 2.08 bits per heavy atom. The summed E-state index contributed by atoms with van der Waals surface area (Å²) in [4.78, 5) is 20.0. The maximum Gasteiger partial charge on any atom is 0.232 e. The molecule has 1 amide bonds. The van der Waals surface area contributed by atoms with Crippen LogP contribution in [0.1, 0.15) is 0 Å². The van der Waals surface area contributed by atoms with Gasteiger partial charge in [-0.15, -0.1) is 0 Å². The van der Waals surface area contributed by atoms with Crippen LogP contribution in [-0.2, 0) is 14.6 Å². The van der Waals surface area contributed by atoms with Gasteiger partial charge in [0, 0.05) is 25.8 Å². The van der Waals surface area contributed by atoms with Gasteiger partial charge in [0.2, 0.25) is 12.7 Å².